The lowest BCUT2D eigenvalue weighted by Gasteiger charge is -2.36. The first-order valence-electron chi connectivity index (χ1n) is 10.2. The van der Waals surface area contributed by atoms with Crippen LogP contribution in [-0.2, 0) is 12.8 Å². The van der Waals surface area contributed by atoms with E-state index in [-0.39, 0.29) is 11.7 Å². The van der Waals surface area contributed by atoms with Gasteiger partial charge in [-0.05, 0) is 60.9 Å². The van der Waals surface area contributed by atoms with Gasteiger partial charge >= 0.3 is 0 Å². The Hall–Kier alpha value is -3.35. The minimum atomic E-state index is -0.239. The zero-order valence-electron chi connectivity index (χ0n) is 16.8. The molecule has 7 heteroatoms. The molecular weight excluding hydrogens is 383 g/mol. The number of hydrogen-bond donors (Lipinski definition) is 1. The third kappa shape index (κ3) is 3.20. The highest BCUT2D eigenvalue weighted by molar-refractivity contribution is 5.96. The van der Waals surface area contributed by atoms with Crippen molar-refractivity contribution in [2.75, 3.05) is 38.2 Å². The van der Waals surface area contributed by atoms with Gasteiger partial charge in [0.1, 0.15) is 17.3 Å². The van der Waals surface area contributed by atoms with Crippen LogP contribution < -0.4 is 9.64 Å². The van der Waals surface area contributed by atoms with E-state index in [0.29, 0.717) is 18.8 Å². The van der Waals surface area contributed by atoms with E-state index in [1.807, 2.05) is 23.1 Å². The number of amides is 1. The summed E-state index contributed by atoms with van der Waals surface area (Å²) in [5, 5.41) is 7.49. The number of nitrogens with one attached hydrogen (secondary N) is 1. The molecule has 0 radical (unpaired) electrons. The molecule has 1 aromatic heterocycles. The fourth-order valence-corrected chi connectivity index (χ4v) is 4.38. The second-order valence-corrected chi connectivity index (χ2v) is 7.70. The normalized spacial score (nSPS) is 15.5. The van der Waals surface area contributed by atoms with Crippen molar-refractivity contribution in [3.8, 4) is 17.0 Å². The molecule has 6 nitrogen and oxygen atoms in total. The zero-order valence-corrected chi connectivity index (χ0v) is 16.8. The smallest absolute Gasteiger partial charge is 0.272 e. The molecule has 0 unspecified atom stereocenters. The van der Waals surface area contributed by atoms with E-state index in [9.17, 15) is 9.18 Å². The van der Waals surface area contributed by atoms with Crippen molar-refractivity contribution in [1.82, 2.24) is 15.1 Å². The quantitative estimate of drug-likeness (QED) is 0.725. The molecule has 0 bridgehead atoms. The van der Waals surface area contributed by atoms with Crippen molar-refractivity contribution in [1.29, 1.82) is 0 Å². The molecule has 1 N–H and O–H groups in total. The average Bonchev–Trinajstić information content (AvgIpc) is 3.23. The van der Waals surface area contributed by atoms with Crippen molar-refractivity contribution in [2.24, 2.45) is 0 Å². The first-order chi connectivity index (χ1) is 14.6. The summed E-state index contributed by atoms with van der Waals surface area (Å²) < 4.78 is 18.5. The van der Waals surface area contributed by atoms with Gasteiger partial charge in [-0.3, -0.25) is 9.89 Å². The van der Waals surface area contributed by atoms with Crippen molar-refractivity contribution >= 4 is 11.6 Å². The van der Waals surface area contributed by atoms with Crippen molar-refractivity contribution in [2.45, 2.75) is 12.8 Å². The lowest BCUT2D eigenvalue weighted by molar-refractivity contribution is 0.0739. The molecule has 2 aromatic carbocycles. The van der Waals surface area contributed by atoms with Crippen LogP contribution in [0.25, 0.3) is 11.3 Å². The molecule has 2 heterocycles. The van der Waals surface area contributed by atoms with Crippen LogP contribution in [-0.4, -0.2) is 54.3 Å². The van der Waals surface area contributed by atoms with E-state index in [2.05, 4.69) is 15.1 Å². The second kappa shape index (κ2) is 7.48. The van der Waals surface area contributed by atoms with Gasteiger partial charge in [0.25, 0.3) is 5.91 Å². The summed E-state index contributed by atoms with van der Waals surface area (Å²) in [6.07, 6.45) is 1.64. The predicted octanol–water partition coefficient (Wildman–Crippen LogP) is 3.29. The molecule has 3 aromatic rings. The van der Waals surface area contributed by atoms with E-state index in [1.54, 1.807) is 19.2 Å². The van der Waals surface area contributed by atoms with E-state index < -0.39 is 0 Å². The minimum Gasteiger partial charge on any atom is -0.497 e. The molecule has 1 fully saturated rings. The Morgan fingerprint density at radius 1 is 1.07 bits per heavy atom. The summed E-state index contributed by atoms with van der Waals surface area (Å²) >= 11 is 0. The Bertz CT molecular complexity index is 1090. The lowest BCUT2D eigenvalue weighted by Crippen LogP contribution is -2.49. The SMILES string of the molecule is COc1ccc2c(c1)CCc1c-2n[nH]c1C(=O)N1CCN(c2ccc(F)cc2)CC1. The number of hydrogen-bond acceptors (Lipinski definition) is 4. The minimum absolute atomic E-state index is 0.000493. The maximum Gasteiger partial charge on any atom is 0.272 e. The summed E-state index contributed by atoms with van der Waals surface area (Å²) in [6.45, 7) is 2.68. The van der Waals surface area contributed by atoms with Crippen LogP contribution in [0.15, 0.2) is 42.5 Å². The largest absolute Gasteiger partial charge is 0.497 e. The number of piperazine rings is 1. The number of carbonyl (C=O) groups is 1. The van der Waals surface area contributed by atoms with Crippen LogP contribution in [0.5, 0.6) is 5.75 Å². The molecular formula is C23H23FN4O2. The van der Waals surface area contributed by atoms with Gasteiger partial charge in [0, 0.05) is 43.0 Å². The summed E-state index contributed by atoms with van der Waals surface area (Å²) in [5.74, 6) is 0.596. The van der Waals surface area contributed by atoms with Crippen LogP contribution in [0, 0.1) is 5.82 Å². The van der Waals surface area contributed by atoms with Crippen LogP contribution in [0.2, 0.25) is 0 Å². The van der Waals surface area contributed by atoms with Gasteiger partial charge in [-0.1, -0.05) is 0 Å². The molecule has 1 aliphatic carbocycles. The van der Waals surface area contributed by atoms with Gasteiger partial charge in [0.15, 0.2) is 0 Å². The highest BCUT2D eigenvalue weighted by Crippen LogP contribution is 2.35. The van der Waals surface area contributed by atoms with Crippen molar-refractivity contribution < 1.29 is 13.9 Å². The number of carbonyl (C=O) groups excluding carboxylic acids is 1. The van der Waals surface area contributed by atoms with Crippen LogP contribution >= 0.6 is 0 Å². The fraction of sp³-hybridized carbons (Fsp3) is 0.304. The number of aromatic nitrogens is 2. The third-order valence-electron chi connectivity index (χ3n) is 6.05. The zero-order chi connectivity index (χ0) is 20.7. The number of ether oxygens (including phenoxy) is 1. The summed E-state index contributed by atoms with van der Waals surface area (Å²) in [5.41, 5.74) is 5.70. The van der Waals surface area contributed by atoms with E-state index >= 15 is 0 Å². The number of nitrogens with zero attached hydrogens (tertiary/aromatic N) is 3. The van der Waals surface area contributed by atoms with Gasteiger partial charge in [0.05, 0.1) is 12.8 Å². The molecule has 1 aliphatic heterocycles. The number of aryl methyl sites for hydroxylation is 1. The lowest BCUT2D eigenvalue weighted by atomic mass is 9.88. The molecule has 0 saturated carbocycles. The summed E-state index contributed by atoms with van der Waals surface area (Å²) in [7, 11) is 1.66. The number of methoxy groups -OCH3 is 1. The van der Waals surface area contributed by atoms with Crippen LogP contribution in [0.4, 0.5) is 10.1 Å². The Balaban J connectivity index is 1.32. The topological polar surface area (TPSA) is 61.5 Å². The van der Waals surface area contributed by atoms with E-state index in [0.717, 1.165) is 54.2 Å². The number of benzene rings is 2. The number of aromatic amines is 1. The van der Waals surface area contributed by atoms with Gasteiger partial charge in [-0.2, -0.15) is 5.10 Å². The average molecular weight is 406 g/mol. The maximum absolute atomic E-state index is 13.2. The van der Waals surface area contributed by atoms with E-state index in [1.165, 1.54) is 17.7 Å². The van der Waals surface area contributed by atoms with Crippen LogP contribution in [0.1, 0.15) is 21.6 Å². The summed E-state index contributed by atoms with van der Waals surface area (Å²) in [4.78, 5) is 17.2. The Labute approximate surface area is 174 Å². The number of anilines is 1. The molecule has 1 saturated heterocycles. The second-order valence-electron chi connectivity index (χ2n) is 7.70. The molecule has 1 amide bonds. The number of H-pyrrole nitrogens is 1. The third-order valence-corrected chi connectivity index (χ3v) is 6.05. The van der Waals surface area contributed by atoms with Gasteiger partial charge in [-0.15, -0.1) is 0 Å². The molecule has 5 rings (SSSR count). The van der Waals surface area contributed by atoms with Crippen molar-refractivity contribution in [3.05, 3.63) is 65.1 Å². The van der Waals surface area contributed by atoms with Gasteiger partial charge < -0.3 is 14.5 Å². The fourth-order valence-electron chi connectivity index (χ4n) is 4.38. The summed E-state index contributed by atoms with van der Waals surface area (Å²) in [6, 6.07) is 12.5. The van der Waals surface area contributed by atoms with Gasteiger partial charge in [0.2, 0.25) is 0 Å². The molecule has 154 valence electrons. The molecule has 0 atom stereocenters. The number of fused-ring (bicyclic) bond motifs is 3. The predicted molar refractivity (Wildman–Crippen MR) is 113 cm³/mol. The first-order valence-corrected chi connectivity index (χ1v) is 10.2. The monoisotopic (exact) mass is 406 g/mol. The van der Waals surface area contributed by atoms with E-state index in [4.69, 9.17) is 4.74 Å². The maximum atomic E-state index is 13.2. The molecule has 2 aliphatic rings. The molecule has 0 spiro atoms. The Morgan fingerprint density at radius 2 is 1.83 bits per heavy atom. The van der Waals surface area contributed by atoms with Crippen molar-refractivity contribution in [3.63, 3.8) is 0 Å². The Kier molecular flexibility index (Phi) is 4.65. The molecule has 30 heavy (non-hydrogen) atoms. The Morgan fingerprint density at radius 3 is 2.57 bits per heavy atom. The number of halogens is 1. The highest BCUT2D eigenvalue weighted by atomic mass is 19.1. The highest BCUT2D eigenvalue weighted by Gasteiger charge is 2.29. The van der Waals surface area contributed by atoms with Crippen LogP contribution in [0.3, 0.4) is 0 Å². The number of rotatable bonds is 3. The standard InChI is InChI=1S/C23H23FN4O2/c1-30-18-7-9-19-15(14-18)2-8-20-21(19)25-26-22(20)23(29)28-12-10-27(11-13-28)17-5-3-16(24)4-6-17/h3-7,9,14H,2,8,10-13H2,1H3,(H,25,26). The van der Waals surface area contributed by atoms with Gasteiger partial charge in [-0.25, -0.2) is 4.39 Å². The first kappa shape index (κ1) is 18.7.